The second-order valence-electron chi connectivity index (χ2n) is 8.18. The molecule has 0 aliphatic carbocycles. The van der Waals surface area contributed by atoms with Crippen LogP contribution in [0.4, 0.5) is 5.69 Å². The predicted octanol–water partition coefficient (Wildman–Crippen LogP) is 3.48. The highest BCUT2D eigenvalue weighted by atomic mass is 32.2. The third kappa shape index (κ3) is 7.89. The lowest BCUT2D eigenvalue weighted by Crippen LogP contribution is -2.52. The van der Waals surface area contributed by atoms with Gasteiger partial charge in [-0.1, -0.05) is 68.3 Å². The quantitative estimate of drug-likeness (QED) is 0.478. The average molecular weight is 474 g/mol. The van der Waals surface area contributed by atoms with E-state index in [0.29, 0.717) is 18.7 Å². The molecule has 0 bridgehead atoms. The summed E-state index contributed by atoms with van der Waals surface area (Å²) in [5.41, 5.74) is 2.27. The van der Waals surface area contributed by atoms with Gasteiger partial charge in [-0.2, -0.15) is 0 Å². The summed E-state index contributed by atoms with van der Waals surface area (Å²) < 4.78 is 26.2. The number of carbonyl (C=O) groups excluding carboxylic acids is 2. The SMILES string of the molecule is CCCCNC(=O)[C@@H](CC)N(Cc1ccccc1)C(=O)CN(c1ccc(C)cc1)S(C)(=O)=O. The van der Waals surface area contributed by atoms with Gasteiger partial charge in [-0.05, 0) is 37.5 Å². The van der Waals surface area contributed by atoms with Crippen LogP contribution in [0.3, 0.4) is 0 Å². The van der Waals surface area contributed by atoms with Crippen molar-refractivity contribution in [2.24, 2.45) is 0 Å². The Bertz CT molecular complexity index is 1010. The summed E-state index contributed by atoms with van der Waals surface area (Å²) in [6.45, 7) is 6.17. The normalized spacial score (nSPS) is 12.1. The molecule has 180 valence electrons. The summed E-state index contributed by atoms with van der Waals surface area (Å²) in [6, 6.07) is 15.7. The van der Waals surface area contributed by atoms with E-state index in [1.807, 2.05) is 51.1 Å². The number of hydrogen-bond acceptors (Lipinski definition) is 4. The minimum absolute atomic E-state index is 0.213. The molecule has 0 radical (unpaired) electrons. The number of amides is 2. The number of anilines is 1. The molecule has 0 saturated heterocycles. The summed E-state index contributed by atoms with van der Waals surface area (Å²) >= 11 is 0. The van der Waals surface area contributed by atoms with Crippen LogP contribution in [0.1, 0.15) is 44.2 Å². The molecule has 2 amide bonds. The van der Waals surface area contributed by atoms with Gasteiger partial charge in [0.15, 0.2) is 0 Å². The van der Waals surface area contributed by atoms with Crippen molar-refractivity contribution in [2.45, 2.75) is 52.6 Å². The van der Waals surface area contributed by atoms with Crippen molar-refractivity contribution in [3.05, 3.63) is 65.7 Å². The van der Waals surface area contributed by atoms with Crippen LogP contribution in [-0.2, 0) is 26.2 Å². The summed E-state index contributed by atoms with van der Waals surface area (Å²) in [7, 11) is -3.72. The van der Waals surface area contributed by atoms with Crippen LogP contribution in [0.5, 0.6) is 0 Å². The fourth-order valence-corrected chi connectivity index (χ4v) is 4.38. The molecule has 0 aromatic heterocycles. The number of carbonyl (C=O) groups is 2. The largest absolute Gasteiger partial charge is 0.354 e. The number of sulfonamides is 1. The highest BCUT2D eigenvalue weighted by molar-refractivity contribution is 7.92. The number of hydrogen-bond donors (Lipinski definition) is 1. The molecular weight excluding hydrogens is 438 g/mol. The van der Waals surface area contributed by atoms with Crippen molar-refractivity contribution in [3.8, 4) is 0 Å². The molecule has 0 saturated carbocycles. The van der Waals surface area contributed by atoms with Crippen LogP contribution in [-0.4, -0.2) is 50.5 Å². The summed E-state index contributed by atoms with van der Waals surface area (Å²) in [4.78, 5) is 27.9. The smallest absolute Gasteiger partial charge is 0.244 e. The van der Waals surface area contributed by atoms with Gasteiger partial charge in [0, 0.05) is 13.1 Å². The van der Waals surface area contributed by atoms with Crippen LogP contribution in [0.2, 0.25) is 0 Å². The zero-order valence-corrected chi connectivity index (χ0v) is 20.8. The Morgan fingerprint density at radius 1 is 1.00 bits per heavy atom. The third-order valence-corrected chi connectivity index (χ3v) is 6.55. The van der Waals surface area contributed by atoms with Crippen molar-refractivity contribution in [3.63, 3.8) is 0 Å². The summed E-state index contributed by atoms with van der Waals surface area (Å²) in [5, 5.41) is 2.91. The van der Waals surface area contributed by atoms with Gasteiger partial charge in [-0.3, -0.25) is 13.9 Å². The van der Waals surface area contributed by atoms with Gasteiger partial charge in [-0.25, -0.2) is 8.42 Å². The molecule has 7 nitrogen and oxygen atoms in total. The zero-order chi connectivity index (χ0) is 24.4. The molecule has 1 atom stereocenters. The monoisotopic (exact) mass is 473 g/mol. The van der Waals surface area contributed by atoms with E-state index in [9.17, 15) is 18.0 Å². The van der Waals surface area contributed by atoms with Crippen molar-refractivity contribution >= 4 is 27.5 Å². The molecule has 0 unspecified atom stereocenters. The second kappa shape index (κ2) is 12.4. The van der Waals surface area contributed by atoms with E-state index < -0.39 is 22.0 Å². The molecule has 33 heavy (non-hydrogen) atoms. The van der Waals surface area contributed by atoms with Crippen LogP contribution in [0.15, 0.2) is 54.6 Å². The molecule has 0 aliphatic rings. The Morgan fingerprint density at radius 3 is 2.18 bits per heavy atom. The molecule has 0 heterocycles. The van der Waals surface area contributed by atoms with E-state index in [1.165, 1.54) is 4.90 Å². The maximum Gasteiger partial charge on any atom is 0.244 e. The first-order valence-electron chi connectivity index (χ1n) is 11.3. The fraction of sp³-hybridized carbons (Fsp3) is 0.440. The Morgan fingerprint density at radius 2 is 1.64 bits per heavy atom. The summed E-state index contributed by atoms with van der Waals surface area (Å²) in [6.07, 6.45) is 3.30. The Labute approximate surface area is 197 Å². The summed E-state index contributed by atoms with van der Waals surface area (Å²) in [5.74, 6) is -0.654. The number of nitrogens with zero attached hydrogens (tertiary/aromatic N) is 2. The number of nitrogens with one attached hydrogen (secondary N) is 1. The van der Waals surface area contributed by atoms with Gasteiger partial charge in [0.2, 0.25) is 21.8 Å². The molecule has 2 aromatic carbocycles. The van der Waals surface area contributed by atoms with Gasteiger partial charge in [0.1, 0.15) is 12.6 Å². The maximum absolute atomic E-state index is 13.5. The molecule has 0 aliphatic heterocycles. The van der Waals surface area contributed by atoms with Crippen molar-refractivity contribution in [1.82, 2.24) is 10.2 Å². The Kier molecular flexibility index (Phi) is 9.91. The van der Waals surface area contributed by atoms with E-state index in [0.717, 1.165) is 34.5 Å². The van der Waals surface area contributed by atoms with E-state index in [1.54, 1.807) is 24.3 Å². The van der Waals surface area contributed by atoms with Crippen LogP contribution in [0.25, 0.3) is 0 Å². The van der Waals surface area contributed by atoms with E-state index in [4.69, 9.17) is 0 Å². The molecule has 8 heteroatoms. The molecule has 0 spiro atoms. The first kappa shape index (κ1) is 26.4. The first-order chi connectivity index (χ1) is 15.7. The van der Waals surface area contributed by atoms with Crippen LogP contribution >= 0.6 is 0 Å². The van der Waals surface area contributed by atoms with Crippen molar-refractivity contribution < 1.29 is 18.0 Å². The number of unbranched alkanes of at least 4 members (excludes halogenated alkanes) is 1. The van der Waals surface area contributed by atoms with Gasteiger partial charge in [-0.15, -0.1) is 0 Å². The van der Waals surface area contributed by atoms with Crippen LogP contribution < -0.4 is 9.62 Å². The van der Waals surface area contributed by atoms with Crippen LogP contribution in [0, 0.1) is 6.92 Å². The first-order valence-corrected chi connectivity index (χ1v) is 13.2. The number of benzene rings is 2. The van der Waals surface area contributed by atoms with Gasteiger partial charge < -0.3 is 10.2 Å². The molecule has 2 rings (SSSR count). The van der Waals surface area contributed by atoms with Gasteiger partial charge >= 0.3 is 0 Å². The lowest BCUT2D eigenvalue weighted by molar-refractivity contribution is -0.140. The zero-order valence-electron chi connectivity index (χ0n) is 20.0. The lowest BCUT2D eigenvalue weighted by Gasteiger charge is -2.33. The minimum Gasteiger partial charge on any atom is -0.354 e. The van der Waals surface area contributed by atoms with Gasteiger partial charge in [0.05, 0.1) is 11.9 Å². The minimum atomic E-state index is -3.72. The van der Waals surface area contributed by atoms with E-state index in [-0.39, 0.29) is 19.0 Å². The molecular formula is C25H35N3O4S. The lowest BCUT2D eigenvalue weighted by atomic mass is 10.1. The highest BCUT2D eigenvalue weighted by Crippen LogP contribution is 2.20. The predicted molar refractivity (Wildman–Crippen MR) is 132 cm³/mol. The Hall–Kier alpha value is -2.87. The third-order valence-electron chi connectivity index (χ3n) is 5.41. The molecule has 2 aromatic rings. The number of rotatable bonds is 12. The maximum atomic E-state index is 13.5. The molecule has 0 fully saturated rings. The average Bonchev–Trinajstić information content (AvgIpc) is 2.78. The highest BCUT2D eigenvalue weighted by Gasteiger charge is 2.31. The molecule has 1 N–H and O–H groups in total. The topological polar surface area (TPSA) is 86.8 Å². The fourth-order valence-electron chi connectivity index (χ4n) is 3.53. The van der Waals surface area contributed by atoms with E-state index >= 15 is 0 Å². The van der Waals surface area contributed by atoms with Crippen molar-refractivity contribution in [1.29, 1.82) is 0 Å². The standard InChI is InChI=1S/C25H35N3O4S/c1-5-7-17-26-25(30)23(6-2)27(18-21-11-9-8-10-12-21)24(29)19-28(33(4,31)32)22-15-13-20(3)14-16-22/h8-16,23H,5-7,17-19H2,1-4H3,(H,26,30)/t23-/m1/s1. The van der Waals surface area contributed by atoms with Gasteiger partial charge in [0.25, 0.3) is 0 Å². The Balaban J connectivity index is 2.35. The number of aryl methyl sites for hydroxylation is 1. The van der Waals surface area contributed by atoms with Crippen molar-refractivity contribution in [2.75, 3.05) is 23.7 Å². The van der Waals surface area contributed by atoms with E-state index in [2.05, 4.69) is 5.32 Å². The second-order valence-corrected chi connectivity index (χ2v) is 10.1.